The van der Waals surface area contributed by atoms with Gasteiger partial charge in [0.15, 0.2) is 0 Å². The van der Waals surface area contributed by atoms with Crippen LogP contribution in [0.1, 0.15) is 21.4 Å². The standard InChI is InChI=1S/C20H20F3N5O2/c1-29-11-7-28(8-11)14-9-30-15-5-3-2-4-12(15)17(14)27-19-13-6-16(20(21,22)23)26-18(13)24-10-25-19/h2-6,10-11,14,17H,7-9H2,1H3,(H2,24,25,26,27)/t14-,17-/m0/s1/i1D3. The second-order valence-electron chi connectivity index (χ2n) is 7.40. The number of aromatic amines is 1. The minimum atomic E-state index is -4.54. The van der Waals surface area contributed by atoms with Gasteiger partial charge in [-0.05, 0) is 12.1 Å². The van der Waals surface area contributed by atoms with E-state index in [1.165, 1.54) is 6.33 Å². The molecule has 0 aliphatic carbocycles. The molecule has 10 heteroatoms. The highest BCUT2D eigenvalue weighted by Gasteiger charge is 2.41. The van der Waals surface area contributed by atoms with Crippen molar-refractivity contribution < 1.29 is 26.8 Å². The molecule has 2 atom stereocenters. The molecule has 7 nitrogen and oxygen atoms in total. The largest absolute Gasteiger partial charge is 0.491 e. The quantitative estimate of drug-likeness (QED) is 0.673. The number of alkyl halides is 3. The molecule has 30 heavy (non-hydrogen) atoms. The number of nitrogens with zero attached hydrogens (tertiary/aromatic N) is 3. The highest BCUT2D eigenvalue weighted by atomic mass is 19.4. The second-order valence-corrected chi connectivity index (χ2v) is 7.40. The van der Waals surface area contributed by atoms with Gasteiger partial charge in [-0.3, -0.25) is 4.90 Å². The lowest BCUT2D eigenvalue weighted by Crippen LogP contribution is -2.60. The molecule has 0 amide bonds. The van der Waals surface area contributed by atoms with E-state index < -0.39 is 25.0 Å². The molecule has 1 fully saturated rings. The van der Waals surface area contributed by atoms with Crippen LogP contribution in [0, 0.1) is 0 Å². The van der Waals surface area contributed by atoms with Crippen LogP contribution < -0.4 is 10.1 Å². The number of hydrogen-bond donors (Lipinski definition) is 2. The fourth-order valence-corrected chi connectivity index (χ4v) is 4.01. The topological polar surface area (TPSA) is 75.3 Å². The molecule has 4 heterocycles. The van der Waals surface area contributed by atoms with E-state index in [2.05, 4.69) is 20.3 Å². The van der Waals surface area contributed by atoms with Gasteiger partial charge >= 0.3 is 6.18 Å². The van der Waals surface area contributed by atoms with Crippen molar-refractivity contribution in [1.82, 2.24) is 19.9 Å². The lowest BCUT2D eigenvalue weighted by atomic mass is 9.92. The highest BCUT2D eigenvalue weighted by molar-refractivity contribution is 5.88. The first kappa shape index (κ1) is 15.9. The number of rotatable bonds is 4. The Morgan fingerprint density at radius 2 is 2.13 bits per heavy atom. The maximum atomic E-state index is 13.2. The number of fused-ring (bicyclic) bond motifs is 2. The van der Waals surface area contributed by atoms with E-state index in [4.69, 9.17) is 13.6 Å². The van der Waals surface area contributed by atoms with Crippen LogP contribution in [-0.2, 0) is 10.9 Å². The normalized spacial score (nSPS) is 24.3. The van der Waals surface area contributed by atoms with Crippen LogP contribution in [-0.4, -0.2) is 58.7 Å². The SMILES string of the molecule is [2H]C([2H])([2H])OC1CN([C@H]2COc3ccccc3[C@@H]2Nc2ncnc3[nH]c(C(F)(F)F)cc23)C1. The number of halogens is 3. The first-order chi connectivity index (χ1) is 15.6. The molecule has 2 N–H and O–H groups in total. The van der Waals surface area contributed by atoms with Gasteiger partial charge in [-0.2, -0.15) is 13.2 Å². The zero-order chi connectivity index (χ0) is 23.4. The van der Waals surface area contributed by atoms with Crippen LogP contribution in [0.25, 0.3) is 11.0 Å². The summed E-state index contributed by atoms with van der Waals surface area (Å²) in [5, 5.41) is 3.52. The predicted octanol–water partition coefficient (Wildman–Crippen LogP) is 3.22. The highest BCUT2D eigenvalue weighted by Crippen LogP contribution is 2.39. The van der Waals surface area contributed by atoms with Crippen molar-refractivity contribution >= 4 is 16.9 Å². The molecule has 158 valence electrons. The molecule has 0 radical (unpaired) electrons. The van der Waals surface area contributed by atoms with Crippen LogP contribution in [0.5, 0.6) is 5.75 Å². The molecular formula is C20H20F3N5O2. The molecule has 0 saturated carbocycles. The minimum Gasteiger partial charge on any atom is -0.491 e. The third kappa shape index (κ3) is 3.25. The van der Waals surface area contributed by atoms with Gasteiger partial charge < -0.3 is 19.8 Å². The molecule has 3 aromatic rings. The van der Waals surface area contributed by atoms with Crippen LogP contribution in [0.3, 0.4) is 0 Å². The Morgan fingerprint density at radius 3 is 2.93 bits per heavy atom. The summed E-state index contributed by atoms with van der Waals surface area (Å²) in [4.78, 5) is 12.5. The van der Waals surface area contributed by atoms with E-state index in [0.29, 0.717) is 25.4 Å². The van der Waals surface area contributed by atoms with Crippen LogP contribution >= 0.6 is 0 Å². The summed E-state index contributed by atoms with van der Waals surface area (Å²) < 4.78 is 72.5. The van der Waals surface area contributed by atoms with Gasteiger partial charge in [0, 0.05) is 25.7 Å². The molecule has 2 aliphatic heterocycles. The van der Waals surface area contributed by atoms with E-state index in [1.807, 2.05) is 29.2 Å². The van der Waals surface area contributed by atoms with Crippen molar-refractivity contribution in [3.63, 3.8) is 0 Å². The molecule has 2 aromatic heterocycles. The Kier molecular flexibility index (Phi) is 3.79. The maximum Gasteiger partial charge on any atom is 0.431 e. The van der Waals surface area contributed by atoms with E-state index in [1.54, 1.807) is 0 Å². The van der Waals surface area contributed by atoms with Gasteiger partial charge in [0.2, 0.25) is 0 Å². The summed E-state index contributed by atoms with van der Waals surface area (Å²) in [6, 6.07) is 7.79. The number of nitrogens with one attached hydrogen (secondary N) is 2. The Balaban J connectivity index is 1.45. The van der Waals surface area contributed by atoms with E-state index in [9.17, 15) is 13.2 Å². The van der Waals surface area contributed by atoms with E-state index >= 15 is 0 Å². The van der Waals surface area contributed by atoms with Crippen LogP contribution in [0.15, 0.2) is 36.7 Å². The minimum absolute atomic E-state index is 0.0758. The molecule has 1 saturated heterocycles. The fraction of sp³-hybridized carbons (Fsp3) is 0.400. The molecule has 5 rings (SSSR count). The Morgan fingerprint density at radius 1 is 1.30 bits per heavy atom. The van der Waals surface area contributed by atoms with Crippen molar-refractivity contribution in [2.45, 2.75) is 24.4 Å². The van der Waals surface area contributed by atoms with Gasteiger partial charge in [0.1, 0.15) is 35.8 Å². The maximum absolute atomic E-state index is 13.2. The third-order valence-electron chi connectivity index (χ3n) is 5.58. The van der Waals surface area contributed by atoms with Crippen molar-refractivity contribution in [1.29, 1.82) is 0 Å². The number of methoxy groups -OCH3 is 1. The van der Waals surface area contributed by atoms with E-state index in [0.717, 1.165) is 11.6 Å². The zero-order valence-electron chi connectivity index (χ0n) is 18.6. The predicted molar refractivity (Wildman–Crippen MR) is 103 cm³/mol. The smallest absolute Gasteiger partial charge is 0.431 e. The number of likely N-dealkylation sites (tertiary alicyclic amines) is 1. The first-order valence-electron chi connectivity index (χ1n) is 10.9. The third-order valence-corrected chi connectivity index (χ3v) is 5.58. The fourth-order valence-electron chi connectivity index (χ4n) is 4.01. The molecular weight excluding hydrogens is 399 g/mol. The summed E-state index contributed by atoms with van der Waals surface area (Å²) in [7, 11) is -2.47. The first-order valence-corrected chi connectivity index (χ1v) is 9.39. The second kappa shape index (κ2) is 7.13. The van der Waals surface area contributed by atoms with Crippen molar-refractivity contribution in [3.05, 3.63) is 47.9 Å². The van der Waals surface area contributed by atoms with Crippen LogP contribution in [0.4, 0.5) is 19.0 Å². The molecule has 0 unspecified atom stereocenters. The summed E-state index contributed by atoms with van der Waals surface area (Å²) in [5.74, 6) is 0.923. The number of para-hydroxylation sites is 1. The van der Waals surface area contributed by atoms with Crippen molar-refractivity contribution in [2.75, 3.05) is 32.1 Å². The van der Waals surface area contributed by atoms with Crippen molar-refractivity contribution in [3.8, 4) is 5.75 Å². The monoisotopic (exact) mass is 422 g/mol. The average molecular weight is 422 g/mol. The van der Waals surface area contributed by atoms with Gasteiger partial charge in [-0.25, -0.2) is 9.97 Å². The number of anilines is 1. The molecule has 0 spiro atoms. The number of hydrogen-bond acceptors (Lipinski definition) is 6. The summed E-state index contributed by atoms with van der Waals surface area (Å²) in [6.07, 6.45) is -3.77. The number of H-pyrrole nitrogens is 1. The lowest BCUT2D eigenvalue weighted by Gasteiger charge is -2.48. The Bertz CT molecular complexity index is 1160. The molecule has 1 aromatic carbocycles. The van der Waals surface area contributed by atoms with Gasteiger partial charge in [0.25, 0.3) is 0 Å². The Labute approximate surface area is 174 Å². The Hall–Kier alpha value is -2.85. The summed E-state index contributed by atoms with van der Waals surface area (Å²) >= 11 is 0. The van der Waals surface area contributed by atoms with Gasteiger partial charge in [0.05, 0.1) is 27.7 Å². The molecule has 0 bridgehead atoms. The summed E-state index contributed by atoms with van der Waals surface area (Å²) in [5.41, 5.74) is -0.00327. The number of benzene rings is 1. The molecule has 2 aliphatic rings. The zero-order valence-corrected chi connectivity index (χ0v) is 15.6. The van der Waals surface area contributed by atoms with Crippen molar-refractivity contribution in [2.24, 2.45) is 0 Å². The number of ether oxygens (including phenoxy) is 2. The lowest BCUT2D eigenvalue weighted by molar-refractivity contribution is -0.140. The van der Waals surface area contributed by atoms with Crippen LogP contribution in [0.2, 0.25) is 0 Å². The number of aromatic nitrogens is 3. The van der Waals surface area contributed by atoms with Gasteiger partial charge in [-0.15, -0.1) is 0 Å². The average Bonchev–Trinajstić information content (AvgIpc) is 3.16. The van der Waals surface area contributed by atoms with Gasteiger partial charge in [-0.1, -0.05) is 18.2 Å². The van der Waals surface area contributed by atoms with E-state index in [-0.39, 0.29) is 28.9 Å². The summed E-state index contributed by atoms with van der Waals surface area (Å²) in [6.45, 7) is 1.10.